The van der Waals surface area contributed by atoms with Crippen LogP contribution in [0.5, 0.6) is 0 Å². The Morgan fingerprint density at radius 1 is 1.23 bits per heavy atom. The summed E-state index contributed by atoms with van der Waals surface area (Å²) in [7, 11) is 1.30. The number of methoxy groups -OCH3 is 1. The fourth-order valence-electron chi connectivity index (χ4n) is 2.09. The van der Waals surface area contributed by atoms with Gasteiger partial charge in [-0.2, -0.15) is 0 Å². The maximum absolute atomic E-state index is 12.3. The van der Waals surface area contributed by atoms with Gasteiger partial charge in [0.15, 0.2) is 0 Å². The number of alkyl carbamates (subject to hydrolysis) is 1. The zero-order chi connectivity index (χ0) is 16.3. The van der Waals surface area contributed by atoms with Crippen LogP contribution in [0.2, 0.25) is 0 Å². The average Bonchev–Trinajstić information content (AvgIpc) is 2.82. The minimum atomic E-state index is -0.577. The molecule has 1 N–H and O–H groups in total. The Morgan fingerprint density at radius 2 is 1.91 bits per heavy atom. The highest BCUT2D eigenvalue weighted by molar-refractivity contribution is 5.92. The third kappa shape index (κ3) is 3.58. The minimum absolute atomic E-state index is 0.267. The fraction of sp³-hybridized carbons (Fsp3) is 0.375. The van der Waals surface area contributed by atoms with Crippen LogP contribution in [0.4, 0.5) is 9.59 Å². The minimum Gasteiger partial charge on any atom is -0.453 e. The highest BCUT2D eigenvalue weighted by Crippen LogP contribution is 2.22. The van der Waals surface area contributed by atoms with Crippen molar-refractivity contribution in [1.29, 1.82) is 0 Å². The van der Waals surface area contributed by atoms with E-state index >= 15 is 0 Å². The third-order valence-corrected chi connectivity index (χ3v) is 2.99. The molecule has 2 rings (SSSR count). The zero-order valence-electron chi connectivity index (χ0n) is 13.2. The number of fused-ring (bicyclic) bond motifs is 1. The molecule has 0 bridgehead atoms. The number of carbonyl (C=O) groups excluding carboxylic acids is 2. The van der Waals surface area contributed by atoms with Gasteiger partial charge in [-0.05, 0) is 32.4 Å². The topological polar surface area (TPSA) is 69.6 Å². The Morgan fingerprint density at radius 3 is 2.55 bits per heavy atom. The summed E-state index contributed by atoms with van der Waals surface area (Å²) in [6.07, 6.45) is 0.705. The number of aromatic nitrogens is 1. The molecule has 118 valence electrons. The van der Waals surface area contributed by atoms with E-state index in [0.717, 1.165) is 16.5 Å². The number of ether oxygens (including phenoxy) is 2. The highest BCUT2D eigenvalue weighted by atomic mass is 16.6. The summed E-state index contributed by atoms with van der Waals surface area (Å²) >= 11 is 0. The first-order valence-corrected chi connectivity index (χ1v) is 6.96. The Balaban J connectivity index is 2.35. The number of benzene rings is 1. The first-order chi connectivity index (χ1) is 10.3. The average molecular weight is 304 g/mol. The molecular formula is C16H20N2O4. The van der Waals surface area contributed by atoms with Crippen LogP contribution in [0.15, 0.2) is 30.5 Å². The van der Waals surface area contributed by atoms with E-state index in [1.54, 1.807) is 6.20 Å². The van der Waals surface area contributed by atoms with Gasteiger partial charge in [-0.1, -0.05) is 18.2 Å². The predicted molar refractivity (Wildman–Crippen MR) is 82.8 cm³/mol. The largest absolute Gasteiger partial charge is 0.453 e. The van der Waals surface area contributed by atoms with Gasteiger partial charge in [0.25, 0.3) is 0 Å². The Hall–Kier alpha value is -2.50. The maximum Gasteiger partial charge on any atom is 0.419 e. The van der Waals surface area contributed by atoms with Crippen molar-refractivity contribution in [2.75, 3.05) is 7.11 Å². The molecule has 0 atom stereocenters. The molecule has 22 heavy (non-hydrogen) atoms. The van der Waals surface area contributed by atoms with Gasteiger partial charge in [-0.3, -0.25) is 4.57 Å². The van der Waals surface area contributed by atoms with Crippen LogP contribution in [0.3, 0.4) is 0 Å². The van der Waals surface area contributed by atoms with E-state index in [4.69, 9.17) is 4.74 Å². The first-order valence-electron chi connectivity index (χ1n) is 6.96. The quantitative estimate of drug-likeness (QED) is 0.924. The van der Waals surface area contributed by atoms with Gasteiger partial charge < -0.3 is 14.8 Å². The van der Waals surface area contributed by atoms with Crippen LogP contribution in [-0.4, -0.2) is 29.5 Å². The van der Waals surface area contributed by atoms with Crippen molar-refractivity contribution in [3.8, 4) is 0 Å². The lowest BCUT2D eigenvalue weighted by Gasteiger charge is -2.19. The molecule has 0 aliphatic rings. The molecule has 0 aliphatic heterocycles. The van der Waals surface area contributed by atoms with E-state index in [9.17, 15) is 9.59 Å². The second kappa shape index (κ2) is 6.09. The Labute approximate surface area is 129 Å². The van der Waals surface area contributed by atoms with E-state index in [1.165, 1.54) is 11.7 Å². The van der Waals surface area contributed by atoms with Gasteiger partial charge in [0.05, 0.1) is 12.6 Å². The first kappa shape index (κ1) is 15.9. The summed E-state index contributed by atoms with van der Waals surface area (Å²) in [6.45, 7) is 5.71. The van der Waals surface area contributed by atoms with Crippen LogP contribution >= 0.6 is 0 Å². The normalized spacial score (nSPS) is 11.3. The summed E-state index contributed by atoms with van der Waals surface area (Å²) in [4.78, 5) is 23.5. The van der Waals surface area contributed by atoms with Gasteiger partial charge in [-0.25, -0.2) is 9.59 Å². The molecule has 1 aromatic carbocycles. The molecule has 0 saturated heterocycles. The molecule has 2 aromatic rings. The Bertz CT molecular complexity index is 698. The molecule has 0 saturated carbocycles. The van der Waals surface area contributed by atoms with Gasteiger partial charge in [0.1, 0.15) is 5.60 Å². The lowest BCUT2D eigenvalue weighted by atomic mass is 10.2. The molecule has 1 amide bonds. The van der Waals surface area contributed by atoms with Crippen LogP contribution in [0, 0.1) is 0 Å². The fourth-order valence-corrected chi connectivity index (χ4v) is 2.09. The van der Waals surface area contributed by atoms with Crippen molar-refractivity contribution in [2.45, 2.75) is 32.9 Å². The molecule has 0 unspecified atom stereocenters. The van der Waals surface area contributed by atoms with Crippen LogP contribution in [0.25, 0.3) is 10.9 Å². The summed E-state index contributed by atoms with van der Waals surface area (Å²) in [5, 5.41) is 3.49. The van der Waals surface area contributed by atoms with E-state index in [1.807, 2.05) is 45.0 Å². The molecule has 6 heteroatoms. The number of nitrogens with zero attached hydrogens (tertiary/aromatic N) is 1. The maximum atomic E-state index is 12.3. The number of carbonyl (C=O) groups is 2. The monoisotopic (exact) mass is 304 g/mol. The molecule has 1 heterocycles. The summed E-state index contributed by atoms with van der Waals surface area (Å²) in [6, 6.07) is 7.45. The Kier molecular flexibility index (Phi) is 4.40. The van der Waals surface area contributed by atoms with Gasteiger partial charge in [0.2, 0.25) is 0 Å². The second-order valence-electron chi connectivity index (χ2n) is 5.87. The summed E-state index contributed by atoms with van der Waals surface area (Å²) in [5.74, 6) is 0. The van der Waals surface area contributed by atoms with Gasteiger partial charge >= 0.3 is 12.2 Å². The number of rotatable bonds is 2. The van der Waals surface area contributed by atoms with Crippen molar-refractivity contribution >= 4 is 23.1 Å². The smallest absolute Gasteiger partial charge is 0.419 e. The van der Waals surface area contributed by atoms with E-state index in [2.05, 4.69) is 10.1 Å². The molecule has 6 nitrogen and oxygen atoms in total. The molecule has 0 fully saturated rings. The van der Waals surface area contributed by atoms with Crippen LogP contribution < -0.4 is 5.32 Å². The van der Waals surface area contributed by atoms with Gasteiger partial charge in [-0.15, -0.1) is 0 Å². The third-order valence-electron chi connectivity index (χ3n) is 2.99. The SMILES string of the molecule is COC(=O)NCc1cn(C(=O)OC(C)(C)C)c2ccccc12. The zero-order valence-corrected chi connectivity index (χ0v) is 13.2. The highest BCUT2D eigenvalue weighted by Gasteiger charge is 2.20. The van der Waals surface area contributed by atoms with Crippen molar-refractivity contribution in [3.63, 3.8) is 0 Å². The number of hydrogen-bond donors (Lipinski definition) is 1. The second-order valence-corrected chi connectivity index (χ2v) is 5.87. The predicted octanol–water partition coefficient (Wildman–Crippen LogP) is 3.28. The van der Waals surface area contributed by atoms with E-state index in [-0.39, 0.29) is 6.54 Å². The standard InChI is InChI=1S/C16H20N2O4/c1-16(2,3)22-15(20)18-10-11(9-17-14(19)21-4)12-7-5-6-8-13(12)18/h5-8,10H,9H2,1-4H3,(H,17,19). The summed E-state index contributed by atoms with van der Waals surface area (Å²) < 4.78 is 11.4. The van der Waals surface area contributed by atoms with Crippen LogP contribution in [0.1, 0.15) is 26.3 Å². The number of amides is 1. The lowest BCUT2D eigenvalue weighted by Crippen LogP contribution is -2.26. The van der Waals surface area contributed by atoms with Crippen molar-refractivity contribution < 1.29 is 19.1 Å². The number of para-hydroxylation sites is 1. The van der Waals surface area contributed by atoms with Crippen molar-refractivity contribution in [1.82, 2.24) is 9.88 Å². The molecular weight excluding hydrogens is 284 g/mol. The molecule has 0 aliphatic carbocycles. The molecule has 0 spiro atoms. The number of nitrogens with one attached hydrogen (secondary N) is 1. The van der Waals surface area contributed by atoms with Crippen molar-refractivity contribution in [3.05, 3.63) is 36.0 Å². The van der Waals surface area contributed by atoms with E-state index < -0.39 is 17.8 Å². The number of hydrogen-bond acceptors (Lipinski definition) is 4. The lowest BCUT2D eigenvalue weighted by molar-refractivity contribution is 0.0544. The summed E-state index contributed by atoms with van der Waals surface area (Å²) in [5.41, 5.74) is 0.970. The van der Waals surface area contributed by atoms with Gasteiger partial charge in [0, 0.05) is 18.1 Å². The van der Waals surface area contributed by atoms with Crippen LogP contribution in [-0.2, 0) is 16.0 Å². The van der Waals surface area contributed by atoms with Crippen molar-refractivity contribution in [2.24, 2.45) is 0 Å². The van der Waals surface area contributed by atoms with E-state index in [0.29, 0.717) is 0 Å². The molecule has 0 radical (unpaired) electrons. The molecule has 1 aromatic heterocycles.